The Morgan fingerprint density at radius 2 is 2.16 bits per heavy atom. The number of carbonyl (C=O) groups excluding carboxylic acids is 1. The van der Waals surface area contributed by atoms with E-state index in [-0.39, 0.29) is 5.92 Å². The van der Waals surface area contributed by atoms with Crippen LogP contribution in [0.1, 0.15) is 51.4 Å². The van der Waals surface area contributed by atoms with Crippen molar-refractivity contribution in [3.63, 3.8) is 0 Å². The summed E-state index contributed by atoms with van der Waals surface area (Å²) in [6, 6.07) is 0. The van der Waals surface area contributed by atoms with Gasteiger partial charge >= 0.3 is 0 Å². The predicted octanol–water partition coefficient (Wildman–Crippen LogP) is 3.78. The molecule has 0 N–H and O–H groups in total. The van der Waals surface area contributed by atoms with Gasteiger partial charge in [0.25, 0.3) is 0 Å². The minimum absolute atomic E-state index is 0.271. The first-order valence-corrected chi connectivity index (χ1v) is 8.12. The molecular weight excluding hydrogens is 304 g/mol. The second-order valence-electron chi connectivity index (χ2n) is 5.63. The Labute approximate surface area is 123 Å². The molecule has 0 bridgehead atoms. The van der Waals surface area contributed by atoms with Crippen LogP contribution in [0.15, 0.2) is 4.47 Å². The molecule has 3 nitrogen and oxygen atoms in total. The highest BCUT2D eigenvalue weighted by molar-refractivity contribution is 9.10. The maximum absolute atomic E-state index is 12.4. The van der Waals surface area contributed by atoms with Crippen molar-refractivity contribution >= 4 is 21.7 Å². The molecule has 2 atom stereocenters. The molecule has 0 radical (unpaired) electrons. The van der Waals surface area contributed by atoms with E-state index in [0.717, 1.165) is 41.7 Å². The lowest BCUT2D eigenvalue weighted by atomic mass is 9.97. The predicted molar refractivity (Wildman–Crippen MR) is 80.2 cm³/mol. The van der Waals surface area contributed by atoms with Crippen LogP contribution in [0, 0.1) is 11.8 Å². The molecule has 2 unspecified atom stereocenters. The Balaban J connectivity index is 2.14. The number of hydrogen-bond donors (Lipinski definition) is 0. The third kappa shape index (κ3) is 3.10. The van der Waals surface area contributed by atoms with E-state index in [1.807, 2.05) is 4.68 Å². The molecule has 1 fully saturated rings. The Morgan fingerprint density at radius 3 is 2.68 bits per heavy atom. The quantitative estimate of drug-likeness (QED) is 0.825. The highest BCUT2D eigenvalue weighted by Gasteiger charge is 2.28. The molecule has 0 aromatic carbocycles. The largest absolute Gasteiger partial charge is 0.299 e. The van der Waals surface area contributed by atoms with Gasteiger partial charge < -0.3 is 0 Å². The van der Waals surface area contributed by atoms with Gasteiger partial charge in [-0.2, -0.15) is 5.10 Å². The van der Waals surface area contributed by atoms with Crippen molar-refractivity contribution in [1.82, 2.24) is 9.78 Å². The zero-order valence-corrected chi connectivity index (χ0v) is 13.7. The Bertz CT molecular complexity index is 467. The minimum atomic E-state index is 0.271. The third-order valence-corrected chi connectivity index (χ3v) is 5.10. The fourth-order valence-electron chi connectivity index (χ4n) is 3.00. The number of carbonyl (C=O) groups is 1. The number of ketones is 1. The van der Waals surface area contributed by atoms with Gasteiger partial charge in [-0.05, 0) is 54.5 Å². The van der Waals surface area contributed by atoms with Crippen LogP contribution in [0.25, 0.3) is 0 Å². The Kier molecular flexibility index (Phi) is 4.82. The van der Waals surface area contributed by atoms with Crippen LogP contribution < -0.4 is 0 Å². The molecule has 1 saturated carbocycles. The van der Waals surface area contributed by atoms with E-state index in [0.29, 0.717) is 18.1 Å². The van der Waals surface area contributed by atoms with Gasteiger partial charge in [-0.15, -0.1) is 0 Å². The molecule has 106 valence electrons. The molecule has 19 heavy (non-hydrogen) atoms. The van der Waals surface area contributed by atoms with E-state index in [1.54, 1.807) is 0 Å². The highest BCUT2D eigenvalue weighted by Crippen LogP contribution is 2.32. The molecule has 1 aromatic heterocycles. The number of rotatable bonds is 5. The molecule has 4 heteroatoms. The number of halogens is 1. The standard InChI is InChI=1S/C15H23BrN2O/c1-4-12-15(16)13(18(5-2)17-12)9-14(19)11-7-6-10(3)8-11/h10-11H,4-9H2,1-3H3. The molecule has 1 aliphatic rings. The van der Waals surface area contributed by atoms with Crippen LogP contribution in [-0.4, -0.2) is 15.6 Å². The second-order valence-corrected chi connectivity index (χ2v) is 6.43. The van der Waals surface area contributed by atoms with E-state index in [1.165, 1.54) is 6.42 Å². The maximum Gasteiger partial charge on any atom is 0.141 e. The van der Waals surface area contributed by atoms with E-state index in [9.17, 15) is 4.79 Å². The third-order valence-electron chi connectivity index (χ3n) is 4.19. The van der Waals surface area contributed by atoms with E-state index in [2.05, 4.69) is 41.8 Å². The fraction of sp³-hybridized carbons (Fsp3) is 0.733. The molecule has 0 saturated heterocycles. The number of Topliss-reactive ketones (excluding diaryl/α,β-unsaturated/α-hetero) is 1. The molecule has 1 heterocycles. The van der Waals surface area contributed by atoms with Gasteiger partial charge in [-0.25, -0.2) is 0 Å². The summed E-state index contributed by atoms with van der Waals surface area (Å²) in [5.74, 6) is 1.37. The minimum Gasteiger partial charge on any atom is -0.299 e. The lowest BCUT2D eigenvalue weighted by Gasteiger charge is -2.10. The van der Waals surface area contributed by atoms with Crippen molar-refractivity contribution in [1.29, 1.82) is 0 Å². The van der Waals surface area contributed by atoms with Crippen molar-refractivity contribution in [2.75, 3.05) is 0 Å². The molecule has 0 spiro atoms. The van der Waals surface area contributed by atoms with Gasteiger partial charge in [-0.1, -0.05) is 13.8 Å². The van der Waals surface area contributed by atoms with Crippen molar-refractivity contribution in [3.8, 4) is 0 Å². The lowest BCUT2D eigenvalue weighted by Crippen LogP contribution is -2.17. The van der Waals surface area contributed by atoms with E-state index >= 15 is 0 Å². The van der Waals surface area contributed by atoms with Crippen molar-refractivity contribution < 1.29 is 4.79 Å². The van der Waals surface area contributed by atoms with Gasteiger partial charge in [0.2, 0.25) is 0 Å². The summed E-state index contributed by atoms with van der Waals surface area (Å²) in [5, 5.41) is 4.56. The summed E-state index contributed by atoms with van der Waals surface area (Å²) >= 11 is 3.62. The summed E-state index contributed by atoms with van der Waals surface area (Å²) < 4.78 is 3.01. The summed E-state index contributed by atoms with van der Waals surface area (Å²) in [7, 11) is 0. The van der Waals surface area contributed by atoms with Gasteiger partial charge in [0, 0.05) is 18.9 Å². The van der Waals surface area contributed by atoms with Gasteiger partial charge in [0.1, 0.15) is 5.78 Å². The van der Waals surface area contributed by atoms with Gasteiger partial charge in [0.15, 0.2) is 0 Å². The zero-order valence-electron chi connectivity index (χ0n) is 12.1. The summed E-state index contributed by atoms with van der Waals surface area (Å²) in [6.45, 7) is 7.23. The first kappa shape index (κ1) is 14.8. The van der Waals surface area contributed by atoms with Crippen LogP contribution in [0.5, 0.6) is 0 Å². The first-order chi connectivity index (χ1) is 9.06. The monoisotopic (exact) mass is 326 g/mol. The summed E-state index contributed by atoms with van der Waals surface area (Å²) in [4.78, 5) is 12.4. The van der Waals surface area contributed by atoms with Crippen LogP contribution in [-0.2, 0) is 24.2 Å². The average molecular weight is 327 g/mol. The van der Waals surface area contributed by atoms with Gasteiger partial charge in [-0.3, -0.25) is 9.48 Å². The van der Waals surface area contributed by atoms with Crippen molar-refractivity contribution in [3.05, 3.63) is 15.9 Å². The van der Waals surface area contributed by atoms with E-state index < -0.39 is 0 Å². The Hall–Kier alpha value is -0.640. The molecule has 2 rings (SSSR count). The molecule has 1 aliphatic carbocycles. The number of nitrogens with zero attached hydrogens (tertiary/aromatic N) is 2. The zero-order chi connectivity index (χ0) is 14.0. The lowest BCUT2D eigenvalue weighted by molar-refractivity contribution is -0.122. The summed E-state index contributed by atoms with van der Waals surface area (Å²) in [5.41, 5.74) is 2.12. The molecule has 0 amide bonds. The average Bonchev–Trinajstić information content (AvgIpc) is 2.95. The van der Waals surface area contributed by atoms with Crippen LogP contribution in [0.4, 0.5) is 0 Å². The number of hydrogen-bond acceptors (Lipinski definition) is 2. The first-order valence-electron chi connectivity index (χ1n) is 7.33. The maximum atomic E-state index is 12.4. The normalized spacial score (nSPS) is 22.9. The highest BCUT2D eigenvalue weighted by atomic mass is 79.9. The SMILES string of the molecule is CCc1nn(CC)c(CC(=O)C2CCC(C)C2)c1Br. The molecule has 1 aromatic rings. The van der Waals surface area contributed by atoms with Crippen LogP contribution >= 0.6 is 15.9 Å². The van der Waals surface area contributed by atoms with Crippen molar-refractivity contribution in [2.45, 2.75) is 59.4 Å². The fourth-order valence-corrected chi connectivity index (χ4v) is 3.70. The van der Waals surface area contributed by atoms with Crippen LogP contribution in [0.3, 0.4) is 0 Å². The topological polar surface area (TPSA) is 34.9 Å². The van der Waals surface area contributed by atoms with Crippen molar-refractivity contribution in [2.24, 2.45) is 11.8 Å². The van der Waals surface area contributed by atoms with E-state index in [4.69, 9.17) is 0 Å². The Morgan fingerprint density at radius 1 is 1.42 bits per heavy atom. The van der Waals surface area contributed by atoms with Crippen LogP contribution in [0.2, 0.25) is 0 Å². The molecule has 0 aliphatic heterocycles. The molecular formula is C15H23BrN2O. The smallest absolute Gasteiger partial charge is 0.141 e. The number of aryl methyl sites for hydroxylation is 2. The van der Waals surface area contributed by atoms with Gasteiger partial charge in [0.05, 0.1) is 15.9 Å². The second kappa shape index (κ2) is 6.21. The number of aromatic nitrogens is 2. The summed E-state index contributed by atoms with van der Waals surface area (Å²) in [6.07, 6.45) is 4.76.